The Bertz CT molecular complexity index is 619. The first-order chi connectivity index (χ1) is 8.80. The molecule has 0 fully saturated rings. The van der Waals surface area contributed by atoms with Crippen molar-refractivity contribution in [3.63, 3.8) is 0 Å². The molecule has 1 atom stereocenters. The van der Waals surface area contributed by atoms with Crippen molar-refractivity contribution in [2.45, 2.75) is 17.7 Å². The molecule has 6 nitrogen and oxygen atoms in total. The van der Waals surface area contributed by atoms with E-state index in [1.807, 2.05) is 0 Å². The summed E-state index contributed by atoms with van der Waals surface area (Å²) in [7, 11) is -3.54. The molecule has 2 rings (SSSR count). The molecule has 0 saturated heterocycles. The van der Waals surface area contributed by atoms with Crippen LogP contribution in [0.25, 0.3) is 0 Å². The van der Waals surface area contributed by atoms with Crippen molar-refractivity contribution >= 4 is 15.8 Å². The molecule has 0 amide bonds. The van der Waals surface area contributed by atoms with Crippen molar-refractivity contribution in [3.05, 3.63) is 17.7 Å². The Morgan fingerprint density at radius 1 is 1.26 bits per heavy atom. The molecule has 1 aliphatic heterocycles. The van der Waals surface area contributed by atoms with Gasteiger partial charge in [0.25, 0.3) is 0 Å². The van der Waals surface area contributed by atoms with Gasteiger partial charge in [-0.3, -0.25) is 4.79 Å². The Hall–Kier alpha value is -1.76. The number of ether oxygens (including phenoxy) is 2. The zero-order valence-electron chi connectivity index (χ0n) is 10.5. The van der Waals surface area contributed by atoms with E-state index in [9.17, 15) is 13.2 Å². The Kier molecular flexibility index (Phi) is 3.40. The molecular formula is C12H14O6S. The lowest BCUT2D eigenvalue weighted by Gasteiger charge is -2.21. The Morgan fingerprint density at radius 3 is 2.26 bits per heavy atom. The quantitative estimate of drug-likeness (QED) is 0.893. The van der Waals surface area contributed by atoms with Gasteiger partial charge in [-0.25, -0.2) is 8.42 Å². The lowest BCUT2D eigenvalue weighted by Crippen LogP contribution is -2.18. The summed E-state index contributed by atoms with van der Waals surface area (Å²) in [5, 5.41) is 9.06. The summed E-state index contributed by atoms with van der Waals surface area (Å²) < 4.78 is 34.2. The first-order valence-corrected chi connectivity index (χ1v) is 7.56. The van der Waals surface area contributed by atoms with Gasteiger partial charge in [-0.05, 0) is 18.6 Å². The Balaban J connectivity index is 2.66. The van der Waals surface area contributed by atoms with Gasteiger partial charge in [0.15, 0.2) is 21.3 Å². The molecule has 0 saturated carbocycles. The summed E-state index contributed by atoms with van der Waals surface area (Å²) in [4.78, 5) is 11.0. The molecule has 0 aliphatic carbocycles. The zero-order chi connectivity index (χ0) is 14.2. The second-order valence-electron chi connectivity index (χ2n) is 4.37. The first-order valence-electron chi connectivity index (χ1n) is 5.67. The third-order valence-electron chi connectivity index (χ3n) is 2.91. The molecule has 1 heterocycles. The minimum Gasteiger partial charge on any atom is -0.486 e. The largest absolute Gasteiger partial charge is 0.486 e. The van der Waals surface area contributed by atoms with Crippen molar-refractivity contribution in [1.29, 1.82) is 0 Å². The van der Waals surface area contributed by atoms with Crippen LogP contribution < -0.4 is 9.47 Å². The van der Waals surface area contributed by atoms with Crippen LogP contribution >= 0.6 is 0 Å². The maximum atomic E-state index is 11.8. The summed E-state index contributed by atoms with van der Waals surface area (Å²) in [6.45, 7) is 2.12. The molecule has 1 N–H and O–H groups in total. The number of aliphatic carboxylic acids is 1. The molecule has 1 aliphatic rings. The van der Waals surface area contributed by atoms with E-state index in [1.54, 1.807) is 0 Å². The standard InChI is InChI=1S/C12H14O6S/c1-7(12(13)14)8-5-9-10(18-4-3-17-9)6-11(8)19(2,15)16/h5-7H,3-4H2,1-2H3,(H,13,14). The molecule has 1 aromatic rings. The van der Waals surface area contributed by atoms with Gasteiger partial charge in [0.2, 0.25) is 0 Å². The number of hydrogen-bond acceptors (Lipinski definition) is 5. The van der Waals surface area contributed by atoms with E-state index in [1.165, 1.54) is 19.1 Å². The number of carbonyl (C=O) groups is 1. The summed E-state index contributed by atoms with van der Waals surface area (Å²) in [5.74, 6) is -1.34. The van der Waals surface area contributed by atoms with Crippen LogP contribution in [0.1, 0.15) is 18.4 Å². The molecular weight excluding hydrogens is 272 g/mol. The fourth-order valence-electron chi connectivity index (χ4n) is 1.88. The van der Waals surface area contributed by atoms with Crippen LogP contribution in [-0.4, -0.2) is 39.0 Å². The van der Waals surface area contributed by atoms with Crippen LogP contribution in [0.15, 0.2) is 17.0 Å². The average molecular weight is 286 g/mol. The molecule has 0 aromatic heterocycles. The van der Waals surface area contributed by atoms with E-state index in [-0.39, 0.29) is 10.5 Å². The molecule has 104 valence electrons. The van der Waals surface area contributed by atoms with Crippen molar-refractivity contribution in [1.82, 2.24) is 0 Å². The van der Waals surface area contributed by atoms with Crippen LogP contribution in [0.2, 0.25) is 0 Å². The minimum atomic E-state index is -3.54. The van der Waals surface area contributed by atoms with Gasteiger partial charge in [-0.15, -0.1) is 0 Å². The van der Waals surface area contributed by atoms with Gasteiger partial charge in [-0.2, -0.15) is 0 Å². The predicted octanol–water partition coefficient (Wildman–Crippen LogP) is 1.05. The highest BCUT2D eigenvalue weighted by molar-refractivity contribution is 7.90. The van der Waals surface area contributed by atoms with Gasteiger partial charge in [0.1, 0.15) is 13.2 Å². The summed E-state index contributed by atoms with van der Waals surface area (Å²) in [6.07, 6.45) is 1.04. The summed E-state index contributed by atoms with van der Waals surface area (Å²) >= 11 is 0. The highest BCUT2D eigenvalue weighted by atomic mass is 32.2. The minimum absolute atomic E-state index is 0.0355. The van der Waals surface area contributed by atoms with Gasteiger partial charge >= 0.3 is 5.97 Å². The molecule has 0 radical (unpaired) electrons. The lowest BCUT2D eigenvalue weighted by molar-refractivity contribution is -0.138. The number of benzene rings is 1. The highest BCUT2D eigenvalue weighted by Gasteiger charge is 2.26. The van der Waals surface area contributed by atoms with E-state index >= 15 is 0 Å². The van der Waals surface area contributed by atoms with Gasteiger partial charge in [-0.1, -0.05) is 0 Å². The highest BCUT2D eigenvalue weighted by Crippen LogP contribution is 2.37. The molecule has 0 bridgehead atoms. The smallest absolute Gasteiger partial charge is 0.310 e. The number of fused-ring (bicyclic) bond motifs is 1. The van der Waals surface area contributed by atoms with Crippen molar-refractivity contribution in [2.75, 3.05) is 19.5 Å². The fraction of sp³-hybridized carbons (Fsp3) is 0.417. The summed E-state index contributed by atoms with van der Waals surface area (Å²) in [6, 6.07) is 2.77. The van der Waals surface area contributed by atoms with Crippen molar-refractivity contribution in [3.8, 4) is 11.5 Å². The monoisotopic (exact) mass is 286 g/mol. The first kappa shape index (κ1) is 13.7. The van der Waals surface area contributed by atoms with Crippen LogP contribution in [0.5, 0.6) is 11.5 Å². The molecule has 19 heavy (non-hydrogen) atoms. The van der Waals surface area contributed by atoms with E-state index < -0.39 is 21.7 Å². The number of sulfone groups is 1. The van der Waals surface area contributed by atoms with Crippen LogP contribution in [0, 0.1) is 0 Å². The Morgan fingerprint density at radius 2 is 1.79 bits per heavy atom. The lowest BCUT2D eigenvalue weighted by atomic mass is 10.0. The normalized spacial score (nSPS) is 15.9. The number of carboxylic acids is 1. The molecule has 7 heteroatoms. The molecule has 1 unspecified atom stereocenters. The average Bonchev–Trinajstić information content (AvgIpc) is 2.35. The van der Waals surface area contributed by atoms with Crippen LogP contribution in [0.3, 0.4) is 0 Å². The van der Waals surface area contributed by atoms with Crippen LogP contribution in [-0.2, 0) is 14.6 Å². The van der Waals surface area contributed by atoms with Gasteiger partial charge < -0.3 is 14.6 Å². The third-order valence-corrected chi connectivity index (χ3v) is 4.06. The molecule has 0 spiro atoms. The maximum Gasteiger partial charge on any atom is 0.310 e. The van der Waals surface area contributed by atoms with E-state index in [2.05, 4.69) is 0 Å². The van der Waals surface area contributed by atoms with Crippen molar-refractivity contribution < 1.29 is 27.8 Å². The number of rotatable bonds is 3. The van der Waals surface area contributed by atoms with Gasteiger partial charge in [0.05, 0.1) is 10.8 Å². The van der Waals surface area contributed by atoms with Crippen LogP contribution in [0.4, 0.5) is 0 Å². The fourth-order valence-corrected chi connectivity index (χ4v) is 2.86. The summed E-state index contributed by atoms with van der Waals surface area (Å²) in [5.41, 5.74) is 0.208. The molecule has 1 aromatic carbocycles. The number of hydrogen-bond donors (Lipinski definition) is 1. The zero-order valence-corrected chi connectivity index (χ0v) is 11.4. The SMILES string of the molecule is CC(C(=O)O)c1cc2c(cc1S(C)(=O)=O)OCCO2. The topological polar surface area (TPSA) is 89.9 Å². The maximum absolute atomic E-state index is 11.8. The number of carboxylic acid groups (broad SMARTS) is 1. The van der Waals surface area contributed by atoms with E-state index in [0.717, 1.165) is 6.26 Å². The van der Waals surface area contributed by atoms with E-state index in [4.69, 9.17) is 14.6 Å². The Labute approximate surface area is 110 Å². The second kappa shape index (κ2) is 4.73. The third kappa shape index (κ3) is 2.65. The van der Waals surface area contributed by atoms with E-state index in [0.29, 0.717) is 24.7 Å². The van der Waals surface area contributed by atoms with Gasteiger partial charge in [0, 0.05) is 12.3 Å². The van der Waals surface area contributed by atoms with Crippen molar-refractivity contribution in [2.24, 2.45) is 0 Å². The second-order valence-corrected chi connectivity index (χ2v) is 6.35. The predicted molar refractivity (Wildman–Crippen MR) is 66.6 cm³/mol.